The summed E-state index contributed by atoms with van der Waals surface area (Å²) in [6.07, 6.45) is -4.18. The van der Waals surface area contributed by atoms with Crippen LogP contribution in [-0.2, 0) is 6.18 Å². The zero-order chi connectivity index (χ0) is 14.6. The number of nitrogens with zero attached hydrogens (tertiary/aromatic N) is 2. The van der Waals surface area contributed by atoms with Gasteiger partial charge < -0.3 is 9.92 Å². The van der Waals surface area contributed by atoms with E-state index < -0.39 is 17.3 Å². The topological polar surface area (TPSA) is 69.2 Å². The number of nitrogens with one attached hydrogen (secondary N) is 1. The molecule has 0 bridgehead atoms. The van der Waals surface area contributed by atoms with E-state index in [9.17, 15) is 23.0 Å². The molecule has 0 saturated heterocycles. The van der Waals surface area contributed by atoms with Crippen molar-refractivity contribution in [1.82, 2.24) is 10.2 Å². The Morgan fingerprint density at radius 1 is 1.53 bits per heavy atom. The average molecular weight is 277 g/mol. The zero-order valence-corrected chi connectivity index (χ0v) is 10.7. The van der Waals surface area contributed by atoms with Crippen LogP contribution >= 0.6 is 0 Å². The molecule has 106 valence electrons. The third-order valence-corrected chi connectivity index (χ3v) is 2.85. The van der Waals surface area contributed by atoms with Crippen LogP contribution in [0.2, 0.25) is 0 Å². The third-order valence-electron chi connectivity index (χ3n) is 2.85. The molecule has 0 aliphatic rings. The second kappa shape index (κ2) is 6.09. The van der Waals surface area contributed by atoms with E-state index >= 15 is 0 Å². The van der Waals surface area contributed by atoms with Crippen LogP contribution in [0.1, 0.15) is 25.8 Å². The van der Waals surface area contributed by atoms with Crippen LogP contribution in [0.15, 0.2) is 10.9 Å². The normalized spacial score (nSPS) is 13.2. The molecule has 0 saturated carbocycles. The summed E-state index contributed by atoms with van der Waals surface area (Å²) in [6, 6.07) is 0.709. The van der Waals surface area contributed by atoms with Gasteiger partial charge in [-0.1, -0.05) is 6.92 Å². The average Bonchev–Trinajstić information content (AvgIpc) is 2.35. The van der Waals surface area contributed by atoms with E-state index in [1.807, 2.05) is 5.10 Å². The van der Waals surface area contributed by atoms with Gasteiger partial charge in [0.15, 0.2) is 0 Å². The lowest BCUT2D eigenvalue weighted by Gasteiger charge is -2.29. The summed E-state index contributed by atoms with van der Waals surface area (Å²) in [4.78, 5) is 12.7. The highest BCUT2D eigenvalue weighted by atomic mass is 19.4. The largest absolute Gasteiger partial charge is 0.452 e. The highest BCUT2D eigenvalue weighted by Gasteiger charge is 2.35. The van der Waals surface area contributed by atoms with E-state index in [1.165, 1.54) is 4.90 Å². The molecule has 5 nitrogen and oxygen atoms in total. The Morgan fingerprint density at radius 3 is 2.58 bits per heavy atom. The van der Waals surface area contributed by atoms with Gasteiger partial charge in [0.1, 0.15) is 11.4 Å². The minimum absolute atomic E-state index is 0.00433. The van der Waals surface area contributed by atoms with Gasteiger partial charge in [0.2, 0.25) is 0 Å². The van der Waals surface area contributed by atoms with Crippen molar-refractivity contribution in [2.24, 2.45) is 0 Å². The lowest BCUT2D eigenvalue weighted by molar-refractivity contribution is -0.138. The van der Waals surface area contributed by atoms with Gasteiger partial charge in [0.25, 0.3) is 13.0 Å². The van der Waals surface area contributed by atoms with Crippen molar-refractivity contribution < 1.29 is 18.2 Å². The molecule has 0 aliphatic heterocycles. The molecule has 1 aromatic rings. The minimum atomic E-state index is -4.73. The van der Waals surface area contributed by atoms with E-state index in [1.54, 1.807) is 13.8 Å². The number of rotatable bonds is 5. The van der Waals surface area contributed by atoms with Crippen molar-refractivity contribution >= 4 is 13.3 Å². The van der Waals surface area contributed by atoms with Gasteiger partial charge in [-0.25, -0.2) is 5.10 Å². The molecular formula is C10H15BF3N3O2. The molecule has 0 radical (unpaired) electrons. The van der Waals surface area contributed by atoms with Gasteiger partial charge >= 0.3 is 6.18 Å². The highest BCUT2D eigenvalue weighted by Crippen LogP contribution is 2.28. The van der Waals surface area contributed by atoms with E-state index in [0.717, 1.165) is 0 Å². The highest BCUT2D eigenvalue weighted by molar-refractivity contribution is 6.29. The second-order valence-corrected chi connectivity index (χ2v) is 4.00. The maximum absolute atomic E-state index is 12.6. The van der Waals surface area contributed by atoms with Crippen molar-refractivity contribution in [1.29, 1.82) is 0 Å². The SMILES string of the molecule is CC[C@@H](BO)N(CC)c1cc(C(F)(F)F)c(=O)[nH]n1. The van der Waals surface area contributed by atoms with Crippen molar-refractivity contribution in [2.45, 2.75) is 32.4 Å². The summed E-state index contributed by atoms with van der Waals surface area (Å²) in [5.41, 5.74) is -2.56. The van der Waals surface area contributed by atoms with Gasteiger partial charge in [-0.05, 0) is 13.3 Å². The molecule has 0 spiro atoms. The third kappa shape index (κ3) is 3.49. The molecule has 19 heavy (non-hydrogen) atoms. The first-order valence-electron chi connectivity index (χ1n) is 5.89. The summed E-state index contributed by atoms with van der Waals surface area (Å²) < 4.78 is 37.9. The predicted octanol–water partition coefficient (Wildman–Crippen LogP) is 0.695. The van der Waals surface area contributed by atoms with Crippen molar-refractivity contribution in [3.05, 3.63) is 22.0 Å². The Labute approximate surface area is 108 Å². The number of anilines is 1. The molecular weight excluding hydrogens is 262 g/mol. The standard InChI is InChI=1S/C10H15BF3N3O2/c1-3-7(11-19)17(4-2)8-5-6(10(12,13)14)9(18)16-15-8/h5,7,11,19H,3-4H2,1-2H3,(H,16,18)/t7-/m0/s1. The number of alkyl halides is 3. The minimum Gasteiger partial charge on any atom is -0.452 e. The lowest BCUT2D eigenvalue weighted by atomic mass is 9.84. The molecule has 1 heterocycles. The van der Waals surface area contributed by atoms with Gasteiger partial charge in [-0.3, -0.25) is 4.79 Å². The van der Waals surface area contributed by atoms with E-state index in [2.05, 4.69) is 5.10 Å². The quantitative estimate of drug-likeness (QED) is 0.777. The number of hydrogen-bond acceptors (Lipinski definition) is 4. The van der Waals surface area contributed by atoms with Crippen LogP contribution in [0.4, 0.5) is 19.0 Å². The van der Waals surface area contributed by atoms with Crippen LogP contribution < -0.4 is 10.5 Å². The van der Waals surface area contributed by atoms with Crippen molar-refractivity contribution in [2.75, 3.05) is 11.4 Å². The number of aromatic nitrogens is 2. The molecule has 0 unspecified atom stereocenters. The number of H-pyrrole nitrogens is 1. The van der Waals surface area contributed by atoms with E-state index in [-0.39, 0.29) is 19.2 Å². The van der Waals surface area contributed by atoms with Crippen LogP contribution in [0.3, 0.4) is 0 Å². The number of aromatic amines is 1. The smallest absolute Gasteiger partial charge is 0.421 e. The van der Waals surface area contributed by atoms with Crippen molar-refractivity contribution in [3.63, 3.8) is 0 Å². The molecule has 2 N–H and O–H groups in total. The Kier molecular flexibility index (Phi) is 4.99. The van der Waals surface area contributed by atoms with Gasteiger partial charge in [0, 0.05) is 18.6 Å². The molecule has 9 heteroatoms. The molecule has 1 rings (SSSR count). The summed E-state index contributed by atoms with van der Waals surface area (Å²) in [7, 11) is -0.202. The lowest BCUT2D eigenvalue weighted by Crippen LogP contribution is -2.40. The van der Waals surface area contributed by atoms with Gasteiger partial charge in [-0.15, -0.1) is 0 Å². The zero-order valence-electron chi connectivity index (χ0n) is 10.7. The summed E-state index contributed by atoms with van der Waals surface area (Å²) in [6.45, 7) is 3.91. The van der Waals surface area contributed by atoms with Crippen molar-refractivity contribution in [3.8, 4) is 0 Å². The summed E-state index contributed by atoms with van der Waals surface area (Å²) >= 11 is 0. The molecule has 1 atom stereocenters. The molecule has 0 fully saturated rings. The van der Waals surface area contributed by atoms with Gasteiger partial charge in [-0.2, -0.15) is 18.3 Å². The van der Waals surface area contributed by atoms with Gasteiger partial charge in [0.05, 0.1) is 0 Å². The molecule has 1 aromatic heterocycles. The summed E-state index contributed by atoms with van der Waals surface area (Å²) in [5, 5.41) is 14.7. The Bertz CT molecular complexity index is 474. The molecule has 0 amide bonds. The van der Waals surface area contributed by atoms with Crippen LogP contribution in [-0.4, -0.2) is 35.2 Å². The maximum Gasteiger partial charge on any atom is 0.421 e. The number of hydrogen-bond donors (Lipinski definition) is 2. The monoisotopic (exact) mass is 277 g/mol. The Hall–Kier alpha value is -1.51. The van der Waals surface area contributed by atoms with Crippen LogP contribution in [0.5, 0.6) is 0 Å². The molecule has 0 aliphatic carbocycles. The first-order valence-corrected chi connectivity index (χ1v) is 5.89. The first-order chi connectivity index (χ1) is 8.85. The van der Waals surface area contributed by atoms with E-state index in [4.69, 9.17) is 0 Å². The van der Waals surface area contributed by atoms with E-state index in [0.29, 0.717) is 19.0 Å². The second-order valence-electron chi connectivity index (χ2n) is 4.00. The van der Waals surface area contributed by atoms with Crippen LogP contribution in [0.25, 0.3) is 0 Å². The molecule has 0 aromatic carbocycles. The number of halogens is 3. The maximum atomic E-state index is 12.6. The first kappa shape index (κ1) is 15.6. The summed E-state index contributed by atoms with van der Waals surface area (Å²) in [5.74, 6) is -0.347. The fourth-order valence-electron chi connectivity index (χ4n) is 1.81. The predicted molar refractivity (Wildman–Crippen MR) is 66.3 cm³/mol. The fourth-order valence-corrected chi connectivity index (χ4v) is 1.81. The Morgan fingerprint density at radius 2 is 2.16 bits per heavy atom. The van der Waals surface area contributed by atoms with Crippen LogP contribution in [0, 0.1) is 0 Å². The fraction of sp³-hybridized carbons (Fsp3) is 0.600. The Balaban J connectivity index is 3.23.